The van der Waals surface area contributed by atoms with Gasteiger partial charge in [0.2, 0.25) is 10.8 Å². The lowest BCUT2D eigenvalue weighted by molar-refractivity contribution is -0.0764. The van der Waals surface area contributed by atoms with Gasteiger partial charge in [0.1, 0.15) is 11.6 Å². The van der Waals surface area contributed by atoms with E-state index in [1.165, 1.54) is 15.9 Å². The van der Waals surface area contributed by atoms with Crippen molar-refractivity contribution in [3.8, 4) is 11.6 Å². The summed E-state index contributed by atoms with van der Waals surface area (Å²) >= 11 is 1.48. The molecule has 2 aromatic heterocycles. The third kappa shape index (κ3) is 3.40. The van der Waals surface area contributed by atoms with Crippen LogP contribution in [0.1, 0.15) is 36.2 Å². The summed E-state index contributed by atoms with van der Waals surface area (Å²) in [5.74, 6) is 1.62. The summed E-state index contributed by atoms with van der Waals surface area (Å²) < 4.78 is 12.7. The summed E-state index contributed by atoms with van der Waals surface area (Å²) in [6.45, 7) is 7.56. The minimum Gasteiger partial charge on any atom is -0.497 e. The molecule has 1 saturated heterocycles. The van der Waals surface area contributed by atoms with Crippen LogP contribution < -0.4 is 4.74 Å². The predicted molar refractivity (Wildman–Crippen MR) is 104 cm³/mol. The topological polar surface area (TPSA) is 72.1 Å². The zero-order valence-electron chi connectivity index (χ0n) is 15.9. The highest BCUT2D eigenvalue weighted by Gasteiger charge is 2.34. The van der Waals surface area contributed by atoms with E-state index in [2.05, 4.69) is 41.0 Å². The summed E-state index contributed by atoms with van der Waals surface area (Å²) in [5.41, 5.74) is 1.09. The van der Waals surface area contributed by atoms with E-state index in [0.29, 0.717) is 10.8 Å². The molecule has 0 spiro atoms. The number of aromatic hydroxyl groups is 1. The second kappa shape index (κ2) is 7.10. The second-order valence-electron chi connectivity index (χ2n) is 7.03. The lowest BCUT2D eigenvalue weighted by Crippen LogP contribution is -2.47. The molecule has 0 bridgehead atoms. The fraction of sp³-hybridized carbons (Fsp3) is 0.474. The number of fused-ring (bicyclic) bond motifs is 1. The number of morpholine rings is 1. The van der Waals surface area contributed by atoms with Crippen LogP contribution in [0.15, 0.2) is 24.3 Å². The van der Waals surface area contributed by atoms with Crippen molar-refractivity contribution < 1.29 is 14.6 Å². The van der Waals surface area contributed by atoms with E-state index < -0.39 is 0 Å². The Balaban J connectivity index is 1.80. The summed E-state index contributed by atoms with van der Waals surface area (Å²) in [5, 5.41) is 15.2. The van der Waals surface area contributed by atoms with Gasteiger partial charge in [0.25, 0.3) is 0 Å². The first-order valence-electron chi connectivity index (χ1n) is 9.04. The highest BCUT2D eigenvalue weighted by molar-refractivity contribution is 7.17. The zero-order chi connectivity index (χ0) is 19.1. The Morgan fingerprint density at radius 3 is 2.48 bits per heavy atom. The fourth-order valence-corrected chi connectivity index (χ4v) is 4.93. The number of benzene rings is 1. The van der Waals surface area contributed by atoms with Crippen molar-refractivity contribution in [3.63, 3.8) is 0 Å². The molecule has 1 fully saturated rings. The van der Waals surface area contributed by atoms with Crippen LogP contribution in [0.2, 0.25) is 0 Å². The number of aromatic nitrogens is 3. The van der Waals surface area contributed by atoms with Crippen molar-refractivity contribution in [1.29, 1.82) is 0 Å². The molecule has 4 rings (SSSR count). The molecule has 3 heterocycles. The van der Waals surface area contributed by atoms with E-state index in [1.54, 1.807) is 7.11 Å². The summed E-state index contributed by atoms with van der Waals surface area (Å²) in [6, 6.07) is 7.91. The molecule has 0 saturated carbocycles. The van der Waals surface area contributed by atoms with Crippen molar-refractivity contribution >= 4 is 16.3 Å². The number of nitrogens with zero attached hydrogens (tertiary/aromatic N) is 4. The summed E-state index contributed by atoms with van der Waals surface area (Å²) in [4.78, 5) is 8.33. The van der Waals surface area contributed by atoms with Crippen molar-refractivity contribution in [1.82, 2.24) is 19.5 Å². The van der Waals surface area contributed by atoms with Gasteiger partial charge in [-0.15, -0.1) is 5.10 Å². The van der Waals surface area contributed by atoms with Gasteiger partial charge >= 0.3 is 0 Å². The number of hydrogen-bond acceptors (Lipinski definition) is 7. The molecule has 0 amide bonds. The quantitative estimate of drug-likeness (QED) is 0.741. The van der Waals surface area contributed by atoms with Crippen LogP contribution >= 0.6 is 11.3 Å². The molecule has 3 atom stereocenters. The second-order valence-corrected chi connectivity index (χ2v) is 8.04. The molecule has 3 aromatic rings. The van der Waals surface area contributed by atoms with Crippen LogP contribution in [0.4, 0.5) is 0 Å². The molecule has 0 unspecified atom stereocenters. The maximum atomic E-state index is 10.9. The van der Waals surface area contributed by atoms with Crippen LogP contribution in [0, 0.1) is 6.92 Å². The number of thiazole rings is 1. The van der Waals surface area contributed by atoms with E-state index in [0.717, 1.165) is 29.3 Å². The molecule has 0 aliphatic carbocycles. The minimum atomic E-state index is -0.0986. The molecule has 1 aliphatic heterocycles. The van der Waals surface area contributed by atoms with Gasteiger partial charge in [-0.25, -0.2) is 4.98 Å². The van der Waals surface area contributed by atoms with Gasteiger partial charge in [-0.2, -0.15) is 4.52 Å². The van der Waals surface area contributed by atoms with Crippen LogP contribution in [-0.4, -0.2) is 57.0 Å². The largest absolute Gasteiger partial charge is 0.497 e. The smallest absolute Gasteiger partial charge is 0.230 e. The van der Waals surface area contributed by atoms with E-state index in [9.17, 15) is 5.11 Å². The maximum absolute atomic E-state index is 10.9. The highest BCUT2D eigenvalue weighted by atomic mass is 32.1. The van der Waals surface area contributed by atoms with Crippen LogP contribution in [0.5, 0.6) is 11.6 Å². The normalized spacial score (nSPS) is 22.2. The Hall–Kier alpha value is -2.16. The Kier molecular flexibility index (Phi) is 4.79. The minimum absolute atomic E-state index is 0.0986. The van der Waals surface area contributed by atoms with Crippen molar-refractivity contribution in [2.75, 3.05) is 20.2 Å². The Morgan fingerprint density at radius 1 is 1.22 bits per heavy atom. The molecule has 27 heavy (non-hydrogen) atoms. The van der Waals surface area contributed by atoms with Gasteiger partial charge in [0, 0.05) is 13.1 Å². The molecule has 8 heteroatoms. The van der Waals surface area contributed by atoms with Gasteiger partial charge in [-0.1, -0.05) is 23.5 Å². The lowest BCUT2D eigenvalue weighted by atomic mass is 10.0. The number of hydrogen-bond donors (Lipinski definition) is 1. The highest BCUT2D eigenvalue weighted by Crippen LogP contribution is 2.41. The standard InChI is InChI=1S/C19H24N4O3S/c1-11-9-22(10-12(2)26-11)16(14-5-7-15(25-4)8-6-14)17-18(24)23-19(27-17)20-13(3)21-23/h5-8,11-12,16,24H,9-10H2,1-4H3/t11-,12+,16-/m0/s1. The SMILES string of the molecule is COc1ccc([C@@H](c2sc3nc(C)nn3c2O)N2C[C@@H](C)O[C@@H](C)C2)cc1. The monoisotopic (exact) mass is 388 g/mol. The van der Waals surface area contributed by atoms with Crippen LogP contribution in [0.3, 0.4) is 0 Å². The van der Waals surface area contributed by atoms with Gasteiger partial charge in [0.05, 0.1) is 30.2 Å². The third-order valence-corrected chi connectivity index (χ3v) is 5.87. The average molecular weight is 388 g/mol. The van der Waals surface area contributed by atoms with Crippen LogP contribution in [-0.2, 0) is 4.74 Å². The van der Waals surface area contributed by atoms with E-state index in [1.807, 2.05) is 19.1 Å². The number of rotatable bonds is 4. The Labute approximate surface area is 162 Å². The van der Waals surface area contributed by atoms with Gasteiger partial charge in [-0.3, -0.25) is 4.90 Å². The van der Waals surface area contributed by atoms with Crippen molar-refractivity contribution in [2.24, 2.45) is 0 Å². The zero-order valence-corrected chi connectivity index (χ0v) is 16.7. The van der Waals surface area contributed by atoms with Gasteiger partial charge in [-0.05, 0) is 38.5 Å². The molecular formula is C19H24N4O3S. The molecule has 7 nitrogen and oxygen atoms in total. The average Bonchev–Trinajstić information content (AvgIpc) is 3.13. The van der Waals surface area contributed by atoms with E-state index >= 15 is 0 Å². The molecule has 1 N–H and O–H groups in total. The number of methoxy groups -OCH3 is 1. The maximum Gasteiger partial charge on any atom is 0.230 e. The van der Waals surface area contributed by atoms with Crippen molar-refractivity contribution in [3.05, 3.63) is 40.5 Å². The fourth-order valence-electron chi connectivity index (χ4n) is 3.77. The summed E-state index contributed by atoms with van der Waals surface area (Å²) in [7, 11) is 1.66. The first kappa shape index (κ1) is 18.2. The first-order chi connectivity index (χ1) is 13.0. The third-order valence-electron chi connectivity index (χ3n) is 4.80. The van der Waals surface area contributed by atoms with E-state index in [4.69, 9.17) is 9.47 Å². The van der Waals surface area contributed by atoms with Gasteiger partial charge < -0.3 is 14.6 Å². The number of aryl methyl sites for hydroxylation is 1. The molecule has 144 valence electrons. The van der Waals surface area contributed by atoms with Crippen LogP contribution in [0.25, 0.3) is 4.96 Å². The summed E-state index contributed by atoms with van der Waals surface area (Å²) in [6.07, 6.45) is 0.252. The number of ether oxygens (including phenoxy) is 2. The first-order valence-corrected chi connectivity index (χ1v) is 9.86. The van der Waals surface area contributed by atoms with Crippen molar-refractivity contribution in [2.45, 2.75) is 39.0 Å². The Bertz CT molecular complexity index is 926. The van der Waals surface area contributed by atoms with Gasteiger partial charge in [0.15, 0.2) is 0 Å². The molecule has 1 aromatic carbocycles. The Morgan fingerprint density at radius 2 is 1.89 bits per heavy atom. The van der Waals surface area contributed by atoms with E-state index in [-0.39, 0.29) is 24.1 Å². The predicted octanol–water partition coefficient (Wildman–Crippen LogP) is 3.01. The molecular weight excluding hydrogens is 364 g/mol. The molecule has 0 radical (unpaired) electrons. The lowest BCUT2D eigenvalue weighted by Gasteiger charge is -2.40. The molecule has 1 aliphatic rings.